The first kappa shape index (κ1) is 17.9. The van der Waals surface area contributed by atoms with Crippen molar-refractivity contribution in [2.24, 2.45) is 5.92 Å². The van der Waals surface area contributed by atoms with Gasteiger partial charge in [-0.15, -0.1) is 10.2 Å². The Labute approximate surface area is 157 Å². The van der Waals surface area contributed by atoms with E-state index in [1.54, 1.807) is 19.2 Å². The van der Waals surface area contributed by atoms with Gasteiger partial charge >= 0.3 is 0 Å². The maximum absolute atomic E-state index is 13.1. The van der Waals surface area contributed by atoms with E-state index in [0.29, 0.717) is 25.4 Å². The standard InChI is InChI=1S/C20H23FN4O2/c1-27-11-10-25-17-7-4-15(20(25)26)12-24(13-17)19-9-8-18(22-23-19)14-2-5-16(21)6-3-14/h2-3,5-6,8-9,15,17H,4,7,10-13H2,1H3/t15-,17+/m1/s1. The lowest BCUT2D eigenvalue weighted by molar-refractivity contribution is -0.140. The Kier molecular flexibility index (Phi) is 5.03. The van der Waals surface area contributed by atoms with Crippen LogP contribution in [0.2, 0.25) is 0 Å². The third kappa shape index (κ3) is 3.64. The summed E-state index contributed by atoms with van der Waals surface area (Å²) in [5.74, 6) is 0.728. The van der Waals surface area contributed by atoms with Crippen LogP contribution in [-0.2, 0) is 9.53 Å². The van der Waals surface area contributed by atoms with Gasteiger partial charge < -0.3 is 14.5 Å². The lowest BCUT2D eigenvalue weighted by atomic mass is 9.94. The number of halogens is 1. The first-order valence-electron chi connectivity index (χ1n) is 9.30. The predicted molar refractivity (Wildman–Crippen MR) is 99.7 cm³/mol. The van der Waals surface area contributed by atoms with Crippen molar-refractivity contribution in [3.8, 4) is 11.3 Å². The molecule has 2 atom stereocenters. The summed E-state index contributed by atoms with van der Waals surface area (Å²) < 4.78 is 18.2. The van der Waals surface area contributed by atoms with Crippen LogP contribution >= 0.6 is 0 Å². The molecule has 0 aliphatic carbocycles. The fourth-order valence-electron chi connectivity index (χ4n) is 3.98. The molecule has 0 radical (unpaired) electrons. The van der Waals surface area contributed by atoms with Gasteiger partial charge in [0.15, 0.2) is 5.82 Å². The van der Waals surface area contributed by atoms with Gasteiger partial charge in [0.05, 0.1) is 18.2 Å². The summed E-state index contributed by atoms with van der Waals surface area (Å²) >= 11 is 0. The number of carbonyl (C=O) groups excluding carboxylic acids is 1. The second-order valence-electron chi connectivity index (χ2n) is 7.14. The van der Waals surface area contributed by atoms with Gasteiger partial charge in [-0.3, -0.25) is 4.79 Å². The van der Waals surface area contributed by atoms with Gasteiger partial charge in [-0.05, 0) is 49.2 Å². The Hall–Kier alpha value is -2.54. The zero-order valence-corrected chi connectivity index (χ0v) is 15.3. The third-order valence-corrected chi connectivity index (χ3v) is 5.44. The van der Waals surface area contributed by atoms with Gasteiger partial charge in [-0.2, -0.15) is 0 Å². The molecular weight excluding hydrogens is 347 g/mol. The molecule has 5 rings (SSSR count). The molecule has 27 heavy (non-hydrogen) atoms. The average Bonchev–Trinajstić information content (AvgIpc) is 2.98. The Morgan fingerprint density at radius 3 is 2.63 bits per heavy atom. The summed E-state index contributed by atoms with van der Waals surface area (Å²) in [5, 5.41) is 8.69. The van der Waals surface area contributed by atoms with E-state index >= 15 is 0 Å². The van der Waals surface area contributed by atoms with Gasteiger partial charge in [0.2, 0.25) is 5.91 Å². The minimum absolute atomic E-state index is 0.000758. The molecule has 2 aromatic rings. The number of fused-ring (bicyclic) bond motifs is 4. The molecule has 0 unspecified atom stereocenters. The largest absolute Gasteiger partial charge is 0.383 e. The number of nitrogens with zero attached hydrogens (tertiary/aromatic N) is 4. The van der Waals surface area contributed by atoms with Gasteiger partial charge in [0.1, 0.15) is 5.82 Å². The van der Waals surface area contributed by atoms with Crippen molar-refractivity contribution in [1.82, 2.24) is 15.1 Å². The molecule has 4 heterocycles. The zero-order chi connectivity index (χ0) is 18.8. The average molecular weight is 370 g/mol. The molecule has 0 saturated carbocycles. The molecule has 3 saturated heterocycles. The van der Waals surface area contributed by atoms with Crippen molar-refractivity contribution in [2.45, 2.75) is 18.9 Å². The van der Waals surface area contributed by atoms with Crippen LogP contribution in [0.4, 0.5) is 10.2 Å². The molecule has 142 valence electrons. The number of ether oxygens (including phenoxy) is 1. The van der Waals surface area contributed by atoms with E-state index in [0.717, 1.165) is 30.8 Å². The van der Waals surface area contributed by atoms with Gasteiger partial charge in [0, 0.05) is 38.3 Å². The van der Waals surface area contributed by atoms with E-state index in [1.165, 1.54) is 12.1 Å². The van der Waals surface area contributed by atoms with Gasteiger partial charge in [-0.25, -0.2) is 4.39 Å². The third-order valence-electron chi connectivity index (χ3n) is 5.44. The number of hydrogen-bond donors (Lipinski definition) is 0. The van der Waals surface area contributed by atoms with Crippen molar-refractivity contribution >= 4 is 11.7 Å². The molecule has 2 bridgehead atoms. The Balaban J connectivity index is 1.52. The van der Waals surface area contributed by atoms with E-state index in [9.17, 15) is 9.18 Å². The number of amides is 1. The zero-order valence-electron chi connectivity index (χ0n) is 15.3. The number of anilines is 1. The SMILES string of the molecule is COCCN1C(=O)[C@@H]2CC[C@H]1CN(c1ccc(-c3ccc(F)cc3)nn1)C2. The molecule has 0 spiro atoms. The van der Waals surface area contributed by atoms with Crippen LogP contribution in [0.3, 0.4) is 0 Å². The summed E-state index contributed by atoms with van der Waals surface area (Å²) in [5.41, 5.74) is 1.53. The van der Waals surface area contributed by atoms with Crippen LogP contribution in [0.5, 0.6) is 0 Å². The fraction of sp³-hybridized carbons (Fsp3) is 0.450. The van der Waals surface area contributed by atoms with Crippen LogP contribution in [0, 0.1) is 11.7 Å². The monoisotopic (exact) mass is 370 g/mol. The first-order chi connectivity index (χ1) is 13.2. The van der Waals surface area contributed by atoms with Crippen molar-refractivity contribution in [1.29, 1.82) is 0 Å². The quantitative estimate of drug-likeness (QED) is 0.809. The Morgan fingerprint density at radius 1 is 1.11 bits per heavy atom. The number of piperidine rings is 1. The molecule has 0 N–H and O–H groups in total. The first-order valence-corrected chi connectivity index (χ1v) is 9.30. The van der Waals surface area contributed by atoms with Gasteiger partial charge in [0.25, 0.3) is 0 Å². The van der Waals surface area contributed by atoms with Crippen LogP contribution in [0.25, 0.3) is 11.3 Å². The highest BCUT2D eigenvalue weighted by atomic mass is 19.1. The van der Waals surface area contributed by atoms with E-state index in [-0.39, 0.29) is 23.7 Å². The van der Waals surface area contributed by atoms with Gasteiger partial charge in [-0.1, -0.05) is 0 Å². The molecule has 1 aromatic carbocycles. The number of benzene rings is 1. The number of hydrogen-bond acceptors (Lipinski definition) is 5. The van der Waals surface area contributed by atoms with Crippen molar-refractivity contribution in [3.05, 3.63) is 42.2 Å². The van der Waals surface area contributed by atoms with Crippen molar-refractivity contribution in [3.63, 3.8) is 0 Å². The normalized spacial score (nSPS) is 22.2. The van der Waals surface area contributed by atoms with Crippen LogP contribution in [0.1, 0.15) is 12.8 Å². The maximum Gasteiger partial charge on any atom is 0.227 e. The predicted octanol–water partition coefficient (Wildman–Crippen LogP) is 2.36. The lowest BCUT2D eigenvalue weighted by Gasteiger charge is -2.35. The summed E-state index contributed by atoms with van der Waals surface area (Å²) in [4.78, 5) is 16.9. The second kappa shape index (κ2) is 7.60. The van der Waals surface area contributed by atoms with Crippen LogP contribution in [-0.4, -0.2) is 60.4 Å². The number of carbonyl (C=O) groups is 1. The minimum Gasteiger partial charge on any atom is -0.383 e. The molecule has 3 aliphatic rings. The molecule has 3 aliphatic heterocycles. The second-order valence-corrected chi connectivity index (χ2v) is 7.14. The summed E-state index contributed by atoms with van der Waals surface area (Å²) in [6, 6.07) is 10.2. The number of methoxy groups -OCH3 is 1. The Morgan fingerprint density at radius 2 is 1.93 bits per heavy atom. The van der Waals surface area contributed by atoms with Crippen molar-refractivity contribution < 1.29 is 13.9 Å². The smallest absolute Gasteiger partial charge is 0.227 e. The van der Waals surface area contributed by atoms with E-state index in [4.69, 9.17) is 4.74 Å². The molecule has 6 nitrogen and oxygen atoms in total. The number of rotatable bonds is 5. The maximum atomic E-state index is 13.1. The molecule has 3 fully saturated rings. The molecular formula is C20H23FN4O2. The van der Waals surface area contributed by atoms with Crippen LogP contribution in [0.15, 0.2) is 36.4 Å². The van der Waals surface area contributed by atoms with Crippen LogP contribution < -0.4 is 4.90 Å². The highest BCUT2D eigenvalue weighted by molar-refractivity contribution is 5.81. The van der Waals surface area contributed by atoms with E-state index in [1.807, 2.05) is 17.0 Å². The summed E-state index contributed by atoms with van der Waals surface area (Å²) in [6.07, 6.45) is 1.93. The van der Waals surface area contributed by atoms with Crippen molar-refractivity contribution in [2.75, 3.05) is 38.3 Å². The molecule has 7 heteroatoms. The molecule has 1 amide bonds. The molecule has 1 aromatic heterocycles. The topological polar surface area (TPSA) is 58.6 Å². The lowest BCUT2D eigenvalue weighted by Crippen LogP contribution is -2.49. The highest BCUT2D eigenvalue weighted by Gasteiger charge is 2.40. The minimum atomic E-state index is -0.272. The fourth-order valence-corrected chi connectivity index (χ4v) is 3.98. The summed E-state index contributed by atoms with van der Waals surface area (Å²) in [6.45, 7) is 2.63. The number of aromatic nitrogens is 2. The Bertz CT molecular complexity index is 797. The van der Waals surface area contributed by atoms with E-state index < -0.39 is 0 Å². The van der Waals surface area contributed by atoms with E-state index in [2.05, 4.69) is 15.1 Å². The summed E-state index contributed by atoms with van der Waals surface area (Å²) in [7, 11) is 1.66. The highest BCUT2D eigenvalue weighted by Crippen LogP contribution is 2.31.